The van der Waals surface area contributed by atoms with Crippen molar-refractivity contribution in [3.05, 3.63) is 232 Å². The predicted octanol–water partition coefficient (Wildman–Crippen LogP) is 12.0. The average Bonchev–Trinajstić information content (AvgIpc) is 3.59. The molecule has 3 heterocycles. The first-order valence-electron chi connectivity index (χ1n) is 20.1. The first kappa shape index (κ1) is 34.7. The Labute approximate surface area is 343 Å². The van der Waals surface area contributed by atoms with Crippen LogP contribution in [0.15, 0.2) is 206 Å². The number of hydrogen-bond donors (Lipinski definition) is 1. The molecule has 0 fully saturated rings. The number of benzene rings is 6. The van der Waals surface area contributed by atoms with E-state index < -0.39 is 5.41 Å². The monoisotopic (exact) mass is 764 g/mol. The van der Waals surface area contributed by atoms with Crippen LogP contribution < -0.4 is 5.32 Å². The quantitative estimate of drug-likeness (QED) is 0.171. The van der Waals surface area contributed by atoms with Crippen molar-refractivity contribution in [3.8, 4) is 11.1 Å². The molecule has 1 N–H and O–H groups in total. The molecule has 0 radical (unpaired) electrons. The number of hydrogen-bond acceptors (Lipinski definition) is 5. The van der Waals surface area contributed by atoms with Gasteiger partial charge in [-0.1, -0.05) is 164 Å². The van der Waals surface area contributed by atoms with Crippen molar-refractivity contribution in [3.63, 3.8) is 0 Å². The van der Waals surface area contributed by atoms with Crippen LogP contribution in [0.2, 0.25) is 0 Å². The van der Waals surface area contributed by atoms with Gasteiger partial charge in [-0.2, -0.15) is 0 Å². The molecule has 0 amide bonds. The van der Waals surface area contributed by atoms with Gasteiger partial charge in [0.25, 0.3) is 0 Å². The highest BCUT2D eigenvalue weighted by Crippen LogP contribution is 2.62. The third-order valence-electron chi connectivity index (χ3n) is 12.2. The molecule has 2 unspecified atom stereocenters. The van der Waals surface area contributed by atoms with Crippen molar-refractivity contribution in [1.82, 2.24) is 5.32 Å². The summed E-state index contributed by atoms with van der Waals surface area (Å²) >= 11 is 1.87. The average molecular weight is 765 g/mol. The SMILES string of the molecule is C=C/C=C\c1cccc(C2N=C(c3ccc4c(c3)C3(c5cc(C6CN=CC7=C6C=CCC7)ccc5S4)c4ccccc4-c4ccccc43)N=C(c3ccccc3)N2)c1. The van der Waals surface area contributed by atoms with E-state index in [0.717, 1.165) is 47.5 Å². The van der Waals surface area contributed by atoms with Crippen molar-refractivity contribution in [2.75, 3.05) is 6.54 Å². The molecule has 5 aliphatic rings. The van der Waals surface area contributed by atoms with Crippen LogP contribution in [0.4, 0.5) is 0 Å². The molecule has 0 bridgehead atoms. The van der Waals surface area contributed by atoms with Gasteiger partial charge in [0.1, 0.15) is 12.0 Å². The van der Waals surface area contributed by atoms with Gasteiger partial charge in [0.2, 0.25) is 0 Å². The van der Waals surface area contributed by atoms with E-state index >= 15 is 0 Å². The van der Waals surface area contributed by atoms with Crippen molar-refractivity contribution in [2.24, 2.45) is 15.0 Å². The molecule has 11 rings (SSSR count). The van der Waals surface area contributed by atoms with Crippen LogP contribution in [0, 0.1) is 0 Å². The zero-order chi connectivity index (χ0) is 38.6. The fourth-order valence-electron chi connectivity index (χ4n) is 9.61. The Hall–Kier alpha value is -6.56. The summed E-state index contributed by atoms with van der Waals surface area (Å²) in [6, 6.07) is 51.1. The maximum absolute atomic E-state index is 5.37. The second kappa shape index (κ2) is 14.1. The lowest BCUT2D eigenvalue weighted by Gasteiger charge is -2.40. The summed E-state index contributed by atoms with van der Waals surface area (Å²) in [4.78, 5) is 18.1. The Morgan fingerprint density at radius 2 is 1.47 bits per heavy atom. The molecule has 278 valence electrons. The highest BCUT2D eigenvalue weighted by atomic mass is 32.2. The summed E-state index contributed by atoms with van der Waals surface area (Å²) in [6.45, 7) is 4.63. The molecule has 5 heteroatoms. The predicted molar refractivity (Wildman–Crippen MR) is 240 cm³/mol. The molecule has 1 spiro atoms. The summed E-state index contributed by atoms with van der Waals surface area (Å²) in [5.74, 6) is 1.73. The third-order valence-corrected chi connectivity index (χ3v) is 13.4. The van der Waals surface area contributed by atoms with E-state index in [9.17, 15) is 0 Å². The molecule has 0 saturated heterocycles. The fraction of sp³-hybridized carbons (Fsp3) is 0.113. The van der Waals surface area contributed by atoms with E-state index in [0.29, 0.717) is 5.84 Å². The number of fused-ring (bicyclic) bond motifs is 9. The van der Waals surface area contributed by atoms with E-state index in [1.165, 1.54) is 59.9 Å². The maximum atomic E-state index is 5.37. The zero-order valence-corrected chi connectivity index (χ0v) is 32.8. The van der Waals surface area contributed by atoms with Crippen LogP contribution in [-0.4, -0.2) is 24.4 Å². The summed E-state index contributed by atoms with van der Waals surface area (Å²) in [5, 5.41) is 3.67. The normalized spacial score (nSPS) is 19.4. The number of aliphatic imine (C=N–C) groups is 3. The van der Waals surface area contributed by atoms with Gasteiger partial charge < -0.3 is 5.32 Å². The number of nitrogens with zero attached hydrogens (tertiary/aromatic N) is 3. The molecule has 3 aliphatic heterocycles. The topological polar surface area (TPSA) is 49.1 Å². The highest BCUT2D eigenvalue weighted by molar-refractivity contribution is 7.99. The lowest BCUT2D eigenvalue weighted by molar-refractivity contribution is 0.673. The van der Waals surface area contributed by atoms with E-state index in [-0.39, 0.29) is 12.1 Å². The lowest BCUT2D eigenvalue weighted by Crippen LogP contribution is -2.34. The Balaban J connectivity index is 1.12. The van der Waals surface area contributed by atoms with Crippen molar-refractivity contribution in [1.29, 1.82) is 0 Å². The Bertz CT molecular complexity index is 2810. The van der Waals surface area contributed by atoms with Gasteiger partial charge in [0, 0.05) is 39.6 Å². The van der Waals surface area contributed by atoms with Crippen molar-refractivity contribution in [2.45, 2.75) is 40.1 Å². The summed E-state index contributed by atoms with van der Waals surface area (Å²) in [7, 11) is 0. The molecular formula is C53H40N4S. The van der Waals surface area contributed by atoms with Crippen molar-refractivity contribution >= 4 is 35.7 Å². The standard InChI is InChI=1S/C53H40N4S/c1-2-3-14-34-15-13-19-37(29-34)51-55-50(35-16-5-4-6-17-35)56-52(57-51)38-26-28-49-47(31-38)53(44-23-11-9-21-41(44)42-22-10-12-24-45(42)53)46-30-36(25-27-48(46)58-49)43-33-54-32-39-18-7-8-20-40(39)43/h2-6,8-17,19-32,43,51H,1,7,18,33H2,(H,55,56,57)/b14-3-. The second-order valence-corrected chi connectivity index (χ2v) is 16.6. The number of amidine groups is 2. The highest BCUT2D eigenvalue weighted by Gasteiger charge is 2.50. The third kappa shape index (κ3) is 5.56. The summed E-state index contributed by atoms with van der Waals surface area (Å²) in [5.41, 5.74) is 15.5. The van der Waals surface area contributed by atoms with Gasteiger partial charge in [-0.25, -0.2) is 9.98 Å². The zero-order valence-electron chi connectivity index (χ0n) is 32.0. The molecule has 4 nitrogen and oxygen atoms in total. The first-order chi connectivity index (χ1) is 28.7. The van der Waals surface area contributed by atoms with Gasteiger partial charge in [-0.3, -0.25) is 4.99 Å². The Morgan fingerprint density at radius 3 is 2.28 bits per heavy atom. The van der Waals surface area contributed by atoms with Gasteiger partial charge in [-0.05, 0) is 98.3 Å². The van der Waals surface area contributed by atoms with Gasteiger partial charge in [0.15, 0.2) is 5.84 Å². The van der Waals surface area contributed by atoms with Crippen LogP contribution >= 0.6 is 11.8 Å². The summed E-state index contributed by atoms with van der Waals surface area (Å²) < 4.78 is 0. The van der Waals surface area contributed by atoms with Crippen LogP contribution in [0.25, 0.3) is 17.2 Å². The van der Waals surface area contributed by atoms with Gasteiger partial charge in [0.05, 0.1) is 5.41 Å². The van der Waals surface area contributed by atoms with Crippen LogP contribution in [0.1, 0.15) is 75.0 Å². The van der Waals surface area contributed by atoms with E-state index in [1.54, 1.807) is 6.08 Å². The maximum Gasteiger partial charge on any atom is 0.159 e. The van der Waals surface area contributed by atoms with Crippen LogP contribution in [0.3, 0.4) is 0 Å². The van der Waals surface area contributed by atoms with Gasteiger partial charge >= 0.3 is 0 Å². The molecule has 6 aromatic carbocycles. The molecule has 2 aliphatic carbocycles. The molecule has 0 saturated carbocycles. The number of dihydropyridines is 1. The number of allylic oxidation sites excluding steroid dienone is 5. The minimum Gasteiger partial charge on any atom is -0.344 e. The van der Waals surface area contributed by atoms with E-state index in [4.69, 9.17) is 15.0 Å². The van der Waals surface area contributed by atoms with E-state index in [1.807, 2.05) is 23.9 Å². The molecular weight excluding hydrogens is 725 g/mol. The molecule has 2 atom stereocenters. The minimum absolute atomic E-state index is 0.223. The Kier molecular flexibility index (Phi) is 8.44. The van der Waals surface area contributed by atoms with E-state index in [2.05, 4.69) is 170 Å². The largest absolute Gasteiger partial charge is 0.344 e. The summed E-state index contributed by atoms with van der Waals surface area (Å²) in [6.07, 6.45) is 14.4. The van der Waals surface area contributed by atoms with Crippen LogP contribution in [0.5, 0.6) is 0 Å². The minimum atomic E-state index is -0.544. The smallest absolute Gasteiger partial charge is 0.159 e. The number of rotatable bonds is 6. The fourth-order valence-corrected chi connectivity index (χ4v) is 10.8. The second-order valence-electron chi connectivity index (χ2n) is 15.5. The molecule has 0 aromatic heterocycles. The van der Waals surface area contributed by atoms with Gasteiger partial charge in [-0.15, -0.1) is 0 Å². The molecule has 58 heavy (non-hydrogen) atoms. The molecule has 6 aromatic rings. The van der Waals surface area contributed by atoms with Crippen LogP contribution in [-0.2, 0) is 5.41 Å². The number of nitrogens with one attached hydrogen (secondary N) is 1. The lowest BCUT2D eigenvalue weighted by atomic mass is 9.66. The Morgan fingerprint density at radius 1 is 0.707 bits per heavy atom. The first-order valence-corrected chi connectivity index (χ1v) is 20.9. The van der Waals surface area contributed by atoms with Crippen molar-refractivity contribution < 1.29 is 0 Å².